The number of halogens is 2. The molecule has 0 unspecified atom stereocenters. The number of hydrogen-bond donors (Lipinski definition) is 0. The van der Waals surface area contributed by atoms with Crippen molar-refractivity contribution in [3.05, 3.63) is 62.3 Å². The lowest BCUT2D eigenvalue weighted by atomic mass is 10.2. The van der Waals surface area contributed by atoms with Gasteiger partial charge in [-0.05, 0) is 34.1 Å². The summed E-state index contributed by atoms with van der Waals surface area (Å²) in [5.74, 6) is -0.530. The molecule has 2 rings (SSSR count). The summed E-state index contributed by atoms with van der Waals surface area (Å²) in [5, 5.41) is 23.2. The second-order valence-corrected chi connectivity index (χ2v) is 4.37. The summed E-state index contributed by atoms with van der Waals surface area (Å²) in [6.45, 7) is 0. The van der Waals surface area contributed by atoms with E-state index in [1.165, 1.54) is 18.3 Å². The van der Waals surface area contributed by atoms with Crippen LogP contribution in [0.4, 0.5) is 21.5 Å². The van der Waals surface area contributed by atoms with E-state index in [1.54, 1.807) is 0 Å². The predicted molar refractivity (Wildman–Crippen MR) is 70.5 cm³/mol. The predicted octanol–water partition coefficient (Wildman–Crippen LogP) is 3.53. The minimum atomic E-state index is -0.680. The SMILES string of the molecule is O=[N+]([O-])c1ccncc1N([O-])c1ccc(F)c(Br)c1. The van der Waals surface area contributed by atoms with Crippen molar-refractivity contribution in [2.24, 2.45) is 0 Å². The van der Waals surface area contributed by atoms with Gasteiger partial charge in [-0.25, -0.2) is 4.39 Å². The van der Waals surface area contributed by atoms with Crippen LogP contribution in [0.1, 0.15) is 0 Å². The van der Waals surface area contributed by atoms with Crippen LogP contribution in [-0.2, 0) is 0 Å². The van der Waals surface area contributed by atoms with E-state index in [0.717, 1.165) is 18.3 Å². The van der Waals surface area contributed by atoms with Crippen molar-refractivity contribution in [3.63, 3.8) is 0 Å². The van der Waals surface area contributed by atoms with E-state index >= 15 is 0 Å². The zero-order valence-electron chi connectivity index (χ0n) is 9.29. The van der Waals surface area contributed by atoms with Crippen molar-refractivity contribution in [1.82, 2.24) is 4.98 Å². The van der Waals surface area contributed by atoms with Crippen LogP contribution in [0.5, 0.6) is 0 Å². The average Bonchev–Trinajstić information content (AvgIpc) is 2.41. The molecule has 1 aromatic heterocycles. The molecule has 0 aliphatic carbocycles. The first-order chi connectivity index (χ1) is 9.00. The fourth-order valence-corrected chi connectivity index (χ4v) is 1.81. The van der Waals surface area contributed by atoms with Crippen LogP contribution in [0.3, 0.4) is 0 Å². The number of pyridine rings is 1. The molecule has 0 aliphatic rings. The van der Waals surface area contributed by atoms with Gasteiger partial charge >= 0.3 is 0 Å². The third-order valence-corrected chi connectivity index (χ3v) is 2.94. The molecule has 0 N–H and O–H groups in total. The Hall–Kier alpha value is -2.06. The van der Waals surface area contributed by atoms with Crippen molar-refractivity contribution >= 4 is 33.0 Å². The van der Waals surface area contributed by atoms with Crippen molar-refractivity contribution in [1.29, 1.82) is 0 Å². The summed E-state index contributed by atoms with van der Waals surface area (Å²) >= 11 is 2.94. The minimum absolute atomic E-state index is 0.0596. The van der Waals surface area contributed by atoms with Crippen LogP contribution in [0.15, 0.2) is 41.1 Å². The Labute approximate surface area is 115 Å². The van der Waals surface area contributed by atoms with E-state index in [1.807, 2.05) is 0 Å². The molecule has 0 spiro atoms. The Morgan fingerprint density at radius 2 is 2.11 bits per heavy atom. The summed E-state index contributed by atoms with van der Waals surface area (Å²) < 4.78 is 13.2. The number of hydrogen-bond acceptors (Lipinski definition) is 5. The van der Waals surface area contributed by atoms with Crippen molar-refractivity contribution < 1.29 is 9.31 Å². The summed E-state index contributed by atoms with van der Waals surface area (Å²) in [6.07, 6.45) is 2.30. The van der Waals surface area contributed by atoms with E-state index in [0.29, 0.717) is 5.06 Å². The smallest absolute Gasteiger partial charge is 0.295 e. The highest BCUT2D eigenvalue weighted by atomic mass is 79.9. The van der Waals surface area contributed by atoms with E-state index < -0.39 is 10.7 Å². The summed E-state index contributed by atoms with van der Waals surface area (Å²) in [7, 11) is 0. The van der Waals surface area contributed by atoms with Crippen molar-refractivity contribution in [2.45, 2.75) is 0 Å². The molecule has 0 radical (unpaired) electrons. The quantitative estimate of drug-likeness (QED) is 0.636. The number of aromatic nitrogens is 1. The maximum atomic E-state index is 13.1. The number of rotatable bonds is 3. The lowest BCUT2D eigenvalue weighted by molar-refractivity contribution is -0.384. The highest BCUT2D eigenvalue weighted by Gasteiger charge is 2.15. The monoisotopic (exact) mass is 326 g/mol. The van der Waals surface area contributed by atoms with Gasteiger partial charge in [0.2, 0.25) is 0 Å². The van der Waals surface area contributed by atoms with Gasteiger partial charge < -0.3 is 10.3 Å². The van der Waals surface area contributed by atoms with Gasteiger partial charge in [0.1, 0.15) is 11.5 Å². The first kappa shape index (κ1) is 13.4. The molecular formula is C11H6BrFN3O3-. The lowest BCUT2D eigenvalue weighted by Crippen LogP contribution is -2.09. The molecule has 6 nitrogen and oxygen atoms in total. The Bertz CT molecular complexity index is 638. The number of nitrogens with zero attached hydrogens (tertiary/aromatic N) is 3. The van der Waals surface area contributed by atoms with Crippen LogP contribution in [0.2, 0.25) is 0 Å². The standard InChI is InChI=1S/C11H6BrFN3O3/c12-8-5-7(1-2-9(8)13)15(17)11-6-14-4-3-10(11)16(18)19/h1-6H/q-1. The van der Waals surface area contributed by atoms with Gasteiger partial charge in [-0.2, -0.15) is 0 Å². The first-order valence-corrected chi connectivity index (χ1v) is 5.80. The maximum absolute atomic E-state index is 13.1. The summed E-state index contributed by atoms with van der Waals surface area (Å²) in [4.78, 5) is 13.8. The summed E-state index contributed by atoms with van der Waals surface area (Å²) in [5.41, 5.74) is -0.527. The molecule has 98 valence electrons. The van der Waals surface area contributed by atoms with Crippen molar-refractivity contribution in [2.75, 3.05) is 5.06 Å². The Morgan fingerprint density at radius 1 is 1.37 bits per heavy atom. The van der Waals surface area contributed by atoms with Gasteiger partial charge in [-0.15, -0.1) is 0 Å². The lowest BCUT2D eigenvalue weighted by Gasteiger charge is -2.29. The number of nitro groups is 1. The zero-order valence-corrected chi connectivity index (χ0v) is 10.9. The molecule has 0 fully saturated rings. The molecule has 8 heteroatoms. The average molecular weight is 327 g/mol. The molecule has 2 aromatic rings. The second-order valence-electron chi connectivity index (χ2n) is 3.51. The van der Waals surface area contributed by atoms with E-state index in [2.05, 4.69) is 20.9 Å². The Balaban J connectivity index is 2.46. The fraction of sp³-hybridized carbons (Fsp3) is 0. The molecule has 0 saturated carbocycles. The van der Waals surface area contributed by atoms with Gasteiger partial charge in [0.25, 0.3) is 5.69 Å². The topological polar surface area (TPSA) is 82.3 Å². The molecule has 0 aliphatic heterocycles. The molecule has 0 bridgehead atoms. The van der Waals surface area contributed by atoms with Crippen LogP contribution in [0.25, 0.3) is 0 Å². The molecule has 1 aromatic carbocycles. The van der Waals surface area contributed by atoms with Gasteiger partial charge in [0.05, 0.1) is 15.6 Å². The molecule has 0 saturated heterocycles. The number of benzene rings is 1. The highest BCUT2D eigenvalue weighted by Crippen LogP contribution is 2.33. The minimum Gasteiger partial charge on any atom is -0.754 e. The summed E-state index contributed by atoms with van der Waals surface area (Å²) in [6, 6.07) is 4.67. The molecule has 1 heterocycles. The Kier molecular flexibility index (Phi) is 3.72. The number of anilines is 2. The Morgan fingerprint density at radius 3 is 2.74 bits per heavy atom. The normalized spacial score (nSPS) is 10.3. The molecule has 0 atom stereocenters. The van der Waals surface area contributed by atoms with Crippen LogP contribution < -0.4 is 5.06 Å². The first-order valence-electron chi connectivity index (χ1n) is 5.01. The molecule has 0 amide bonds. The fourth-order valence-electron chi connectivity index (χ4n) is 1.44. The van der Waals surface area contributed by atoms with E-state index in [9.17, 15) is 19.7 Å². The van der Waals surface area contributed by atoms with Crippen molar-refractivity contribution in [3.8, 4) is 0 Å². The van der Waals surface area contributed by atoms with Gasteiger partial charge in [-0.3, -0.25) is 15.1 Å². The van der Waals surface area contributed by atoms with Gasteiger partial charge in [0.15, 0.2) is 0 Å². The van der Waals surface area contributed by atoms with Crippen LogP contribution in [0, 0.1) is 21.1 Å². The molecule has 19 heavy (non-hydrogen) atoms. The largest absolute Gasteiger partial charge is 0.754 e. The maximum Gasteiger partial charge on any atom is 0.295 e. The van der Waals surface area contributed by atoms with E-state index in [4.69, 9.17) is 0 Å². The van der Waals surface area contributed by atoms with Gasteiger partial charge in [-0.1, -0.05) is 0 Å². The third kappa shape index (κ3) is 2.69. The second kappa shape index (κ2) is 5.29. The van der Waals surface area contributed by atoms with Crippen LogP contribution >= 0.6 is 15.9 Å². The van der Waals surface area contributed by atoms with E-state index in [-0.39, 0.29) is 21.5 Å². The molecular weight excluding hydrogens is 321 g/mol. The zero-order chi connectivity index (χ0) is 14.0. The highest BCUT2D eigenvalue weighted by molar-refractivity contribution is 9.10. The van der Waals surface area contributed by atoms with Gasteiger partial charge in [0, 0.05) is 18.0 Å². The van der Waals surface area contributed by atoms with Crippen LogP contribution in [-0.4, -0.2) is 9.91 Å². The third-order valence-electron chi connectivity index (χ3n) is 2.33.